The van der Waals surface area contributed by atoms with E-state index in [1.54, 1.807) is 29.0 Å². The van der Waals surface area contributed by atoms with Gasteiger partial charge in [0.05, 0.1) is 24.6 Å². The summed E-state index contributed by atoms with van der Waals surface area (Å²) in [5.41, 5.74) is 1.54. The second-order valence-electron chi connectivity index (χ2n) is 6.81. The number of aromatic nitrogens is 3. The Labute approximate surface area is 179 Å². The number of rotatable bonds is 10. The Morgan fingerprint density at radius 2 is 1.97 bits per heavy atom. The molecule has 0 saturated carbocycles. The van der Waals surface area contributed by atoms with Crippen LogP contribution in [0.1, 0.15) is 18.9 Å². The molecule has 0 radical (unpaired) electrons. The average Bonchev–Trinajstić information content (AvgIpc) is 3.10. The molecule has 0 unspecified atom stereocenters. The van der Waals surface area contributed by atoms with Crippen molar-refractivity contribution in [1.82, 2.24) is 14.5 Å². The van der Waals surface area contributed by atoms with Crippen LogP contribution in [0.5, 0.6) is 5.88 Å². The van der Waals surface area contributed by atoms with Crippen LogP contribution in [0.25, 0.3) is 11.0 Å². The van der Waals surface area contributed by atoms with Gasteiger partial charge in [0, 0.05) is 17.1 Å². The number of benzene rings is 1. The van der Waals surface area contributed by atoms with Gasteiger partial charge in [-0.05, 0) is 30.2 Å². The first-order valence-corrected chi connectivity index (χ1v) is 11.1. The minimum Gasteiger partial charge on any atom is -0.472 e. The number of halogens is 1. The van der Waals surface area contributed by atoms with E-state index in [1.807, 2.05) is 19.1 Å². The van der Waals surface area contributed by atoms with E-state index in [1.165, 1.54) is 6.33 Å². The lowest BCUT2D eigenvalue weighted by atomic mass is 10.0. The molecule has 3 rings (SSSR count). The zero-order valence-electron chi connectivity index (χ0n) is 16.3. The first-order chi connectivity index (χ1) is 14.3. The Morgan fingerprint density at radius 1 is 1.23 bits per heavy atom. The van der Waals surface area contributed by atoms with Gasteiger partial charge in [0.15, 0.2) is 0 Å². The first kappa shape index (κ1) is 22.4. The number of fused-ring (bicyclic) bond motifs is 1. The SMILES string of the molecule is CC[C@@H](COS(N)(=O)=O)[C@@H](O)Cn1ccc2c(OCc3ccc(Cl)cc3)ncnc21. The van der Waals surface area contributed by atoms with Crippen molar-refractivity contribution in [2.45, 2.75) is 32.6 Å². The number of nitrogens with two attached hydrogens (primary N) is 1. The van der Waals surface area contributed by atoms with Gasteiger partial charge in [0.25, 0.3) is 0 Å². The molecule has 0 bridgehead atoms. The molecule has 2 atom stereocenters. The van der Waals surface area contributed by atoms with Crippen molar-refractivity contribution in [3.05, 3.63) is 53.4 Å². The summed E-state index contributed by atoms with van der Waals surface area (Å²) in [5.74, 6) is 0.0102. The Kier molecular flexibility index (Phi) is 7.27. The van der Waals surface area contributed by atoms with Crippen LogP contribution < -0.4 is 9.88 Å². The van der Waals surface area contributed by atoms with Gasteiger partial charge in [-0.1, -0.05) is 30.7 Å². The van der Waals surface area contributed by atoms with Crippen LogP contribution in [0, 0.1) is 5.92 Å². The lowest BCUT2D eigenvalue weighted by Crippen LogP contribution is -2.31. The Balaban J connectivity index is 1.71. The third-order valence-corrected chi connectivity index (χ3v) is 5.42. The quantitative estimate of drug-likeness (QED) is 0.480. The van der Waals surface area contributed by atoms with Crippen LogP contribution in [-0.2, 0) is 27.6 Å². The molecule has 0 aliphatic carbocycles. The van der Waals surface area contributed by atoms with Gasteiger partial charge in [-0.3, -0.25) is 4.18 Å². The maximum Gasteiger partial charge on any atom is 0.333 e. The highest BCUT2D eigenvalue weighted by Gasteiger charge is 2.22. The second-order valence-corrected chi connectivity index (χ2v) is 8.47. The highest BCUT2D eigenvalue weighted by Crippen LogP contribution is 2.24. The Morgan fingerprint density at radius 3 is 2.63 bits per heavy atom. The molecule has 0 saturated heterocycles. The van der Waals surface area contributed by atoms with E-state index in [2.05, 4.69) is 14.2 Å². The van der Waals surface area contributed by atoms with Crippen molar-refractivity contribution >= 4 is 32.9 Å². The molecule has 0 spiro atoms. The number of hydrogen-bond donors (Lipinski definition) is 2. The highest BCUT2D eigenvalue weighted by atomic mass is 35.5. The molecule has 3 N–H and O–H groups in total. The minimum absolute atomic E-state index is 0.194. The summed E-state index contributed by atoms with van der Waals surface area (Å²) >= 11 is 5.90. The van der Waals surface area contributed by atoms with Crippen LogP contribution in [0.15, 0.2) is 42.9 Å². The third-order valence-electron chi connectivity index (χ3n) is 4.71. The molecule has 3 aromatic rings. The predicted octanol–water partition coefficient (Wildman–Crippen LogP) is 2.27. The fourth-order valence-corrected chi connectivity index (χ4v) is 3.50. The number of hydrogen-bond acceptors (Lipinski definition) is 7. The molecule has 0 fully saturated rings. The van der Waals surface area contributed by atoms with Crippen LogP contribution in [0.3, 0.4) is 0 Å². The van der Waals surface area contributed by atoms with Gasteiger partial charge in [-0.15, -0.1) is 0 Å². The van der Waals surface area contributed by atoms with Crippen molar-refractivity contribution in [2.24, 2.45) is 11.1 Å². The molecule has 2 aromatic heterocycles. The number of aliphatic hydroxyl groups is 1. The molecule has 11 heteroatoms. The van der Waals surface area contributed by atoms with Gasteiger partial charge in [-0.25, -0.2) is 15.1 Å². The number of nitrogens with zero attached hydrogens (tertiary/aromatic N) is 3. The zero-order valence-corrected chi connectivity index (χ0v) is 17.9. The van der Waals surface area contributed by atoms with Crippen molar-refractivity contribution in [2.75, 3.05) is 6.61 Å². The van der Waals surface area contributed by atoms with Crippen molar-refractivity contribution < 1.29 is 22.4 Å². The minimum atomic E-state index is -4.06. The molecule has 2 heterocycles. The van der Waals surface area contributed by atoms with E-state index < -0.39 is 22.3 Å². The Hall–Kier alpha value is -2.24. The summed E-state index contributed by atoms with van der Waals surface area (Å²) in [6.45, 7) is 2.16. The van der Waals surface area contributed by atoms with Crippen LogP contribution in [-0.4, -0.2) is 40.8 Å². The monoisotopic (exact) mass is 454 g/mol. The Bertz CT molecular complexity index is 1090. The largest absolute Gasteiger partial charge is 0.472 e. The summed E-state index contributed by atoms with van der Waals surface area (Å²) in [5, 5.41) is 16.8. The molecular weight excluding hydrogens is 432 g/mol. The zero-order chi connectivity index (χ0) is 21.7. The first-order valence-electron chi connectivity index (χ1n) is 9.29. The van der Waals surface area contributed by atoms with Gasteiger partial charge >= 0.3 is 10.3 Å². The summed E-state index contributed by atoms with van der Waals surface area (Å²) in [6.07, 6.45) is 2.82. The van der Waals surface area contributed by atoms with E-state index >= 15 is 0 Å². The van der Waals surface area contributed by atoms with E-state index in [0.717, 1.165) is 5.56 Å². The second kappa shape index (κ2) is 9.71. The van der Waals surface area contributed by atoms with Gasteiger partial charge in [-0.2, -0.15) is 8.42 Å². The predicted molar refractivity (Wildman–Crippen MR) is 112 cm³/mol. The average molecular weight is 455 g/mol. The molecular formula is C19H23ClN4O5S. The molecule has 1 aromatic carbocycles. The van der Waals surface area contributed by atoms with E-state index in [9.17, 15) is 13.5 Å². The van der Waals surface area contributed by atoms with Crippen molar-refractivity contribution in [3.8, 4) is 5.88 Å². The van der Waals surface area contributed by atoms with Gasteiger partial charge in [0.1, 0.15) is 18.6 Å². The summed E-state index contributed by atoms with van der Waals surface area (Å²) < 4.78 is 34.3. The number of ether oxygens (including phenoxy) is 1. The smallest absolute Gasteiger partial charge is 0.333 e. The number of aliphatic hydroxyl groups excluding tert-OH is 1. The van der Waals surface area contributed by atoms with E-state index in [4.69, 9.17) is 21.5 Å². The maximum atomic E-state index is 11.0. The fourth-order valence-electron chi connectivity index (χ4n) is 3.01. The molecule has 0 amide bonds. The lowest BCUT2D eigenvalue weighted by molar-refractivity contribution is 0.0616. The van der Waals surface area contributed by atoms with Crippen molar-refractivity contribution in [1.29, 1.82) is 0 Å². The third kappa shape index (κ3) is 5.89. The summed E-state index contributed by atoms with van der Waals surface area (Å²) in [7, 11) is -4.06. The lowest BCUT2D eigenvalue weighted by Gasteiger charge is -2.21. The molecule has 9 nitrogen and oxygen atoms in total. The maximum absolute atomic E-state index is 11.0. The highest BCUT2D eigenvalue weighted by molar-refractivity contribution is 7.84. The van der Waals surface area contributed by atoms with E-state index in [0.29, 0.717) is 35.0 Å². The van der Waals surface area contributed by atoms with Crippen LogP contribution in [0.4, 0.5) is 0 Å². The van der Waals surface area contributed by atoms with Crippen LogP contribution >= 0.6 is 11.6 Å². The summed E-state index contributed by atoms with van der Waals surface area (Å²) in [4.78, 5) is 8.49. The topological polar surface area (TPSA) is 130 Å². The van der Waals surface area contributed by atoms with Gasteiger partial charge in [0.2, 0.25) is 5.88 Å². The molecule has 0 aliphatic rings. The molecule has 162 valence electrons. The summed E-state index contributed by atoms with van der Waals surface area (Å²) in [6, 6.07) is 9.13. The normalized spacial score (nSPS) is 14.0. The van der Waals surface area contributed by atoms with Gasteiger partial charge < -0.3 is 14.4 Å². The molecule has 30 heavy (non-hydrogen) atoms. The van der Waals surface area contributed by atoms with Crippen LogP contribution in [0.2, 0.25) is 5.02 Å². The van der Waals surface area contributed by atoms with Crippen molar-refractivity contribution in [3.63, 3.8) is 0 Å². The standard InChI is InChI=1S/C19H23ClN4O5S/c1-2-14(11-29-30(21,26)27)17(25)9-24-8-7-16-18(24)22-12-23-19(16)28-10-13-3-5-15(20)6-4-13/h3-8,12,14,17,25H,2,9-11H2,1H3,(H2,21,26,27)/t14-,17-/m0/s1. The molecule has 0 aliphatic heterocycles. The fraction of sp³-hybridized carbons (Fsp3) is 0.368. The van der Waals surface area contributed by atoms with E-state index in [-0.39, 0.29) is 13.2 Å².